The van der Waals surface area contributed by atoms with E-state index in [1.807, 2.05) is 18.2 Å². The minimum atomic E-state index is -0.253. The fourth-order valence-electron chi connectivity index (χ4n) is 1.49. The van der Waals surface area contributed by atoms with E-state index >= 15 is 0 Å². The number of esters is 1. The lowest BCUT2D eigenvalue weighted by Crippen LogP contribution is -2.01. The first-order chi connectivity index (χ1) is 9.22. The molecule has 0 saturated carbocycles. The molecule has 2 heteroatoms. The van der Waals surface area contributed by atoms with Crippen LogP contribution in [0.25, 0.3) is 6.08 Å². The molecule has 1 aromatic rings. The van der Waals surface area contributed by atoms with E-state index in [4.69, 9.17) is 4.74 Å². The molecule has 0 unspecified atom stereocenters. The predicted octanol–water partition coefficient (Wildman–Crippen LogP) is 4.30. The molecule has 0 aromatic heterocycles. The number of unbranched alkanes of at least 4 members (excludes halogenated alkanes) is 1. The van der Waals surface area contributed by atoms with Crippen molar-refractivity contribution in [3.8, 4) is 0 Å². The Morgan fingerprint density at radius 1 is 1.21 bits per heavy atom. The Balaban J connectivity index is 2.25. The van der Waals surface area contributed by atoms with Crippen LogP contribution in [-0.4, -0.2) is 12.6 Å². The highest BCUT2D eigenvalue weighted by Crippen LogP contribution is 2.05. The zero-order chi connectivity index (χ0) is 13.9. The van der Waals surface area contributed by atoms with E-state index < -0.39 is 0 Å². The van der Waals surface area contributed by atoms with Gasteiger partial charge in [-0.2, -0.15) is 0 Å². The van der Waals surface area contributed by atoms with E-state index in [2.05, 4.69) is 38.1 Å². The van der Waals surface area contributed by atoms with Crippen molar-refractivity contribution in [3.63, 3.8) is 0 Å². The Bertz CT molecular complexity index is 427. The number of allylic oxidation sites excluding steroid dienone is 2. The summed E-state index contributed by atoms with van der Waals surface area (Å²) in [5, 5.41) is 0. The Labute approximate surface area is 115 Å². The van der Waals surface area contributed by atoms with Crippen LogP contribution in [0, 0.1) is 6.92 Å². The van der Waals surface area contributed by atoms with Gasteiger partial charge in [0.2, 0.25) is 0 Å². The fraction of sp³-hybridized carbons (Fsp3) is 0.353. The number of carbonyl (C=O) groups excluding carboxylic acids is 1. The molecule has 0 radical (unpaired) electrons. The standard InChI is InChI=1S/C17H22O2/c1-3-4-14-19-17(18)9-7-5-6-8-16-12-10-15(2)11-13-16/h6-13H,3-5,14H2,1-2H3/b8-6+,9-7+. The lowest BCUT2D eigenvalue weighted by Gasteiger charge is -1.98. The van der Waals surface area contributed by atoms with Crippen molar-refractivity contribution in [3.05, 3.63) is 53.6 Å². The summed E-state index contributed by atoms with van der Waals surface area (Å²) in [4.78, 5) is 11.3. The third kappa shape index (κ3) is 7.24. The molecule has 1 aromatic carbocycles. The molecule has 0 atom stereocenters. The van der Waals surface area contributed by atoms with Gasteiger partial charge in [0.25, 0.3) is 0 Å². The van der Waals surface area contributed by atoms with Gasteiger partial charge in [0.15, 0.2) is 0 Å². The molecule has 19 heavy (non-hydrogen) atoms. The van der Waals surface area contributed by atoms with E-state index in [1.54, 1.807) is 0 Å². The Hall–Kier alpha value is -1.83. The molecule has 0 saturated heterocycles. The van der Waals surface area contributed by atoms with Gasteiger partial charge in [-0.3, -0.25) is 0 Å². The highest BCUT2D eigenvalue weighted by molar-refractivity contribution is 5.81. The number of ether oxygens (including phenoxy) is 1. The molecule has 0 aliphatic rings. The van der Waals surface area contributed by atoms with Crippen molar-refractivity contribution in [2.75, 3.05) is 6.61 Å². The SMILES string of the molecule is CCCCOC(=O)/C=C/C/C=C/c1ccc(C)cc1. The summed E-state index contributed by atoms with van der Waals surface area (Å²) >= 11 is 0. The predicted molar refractivity (Wildman–Crippen MR) is 79.8 cm³/mol. The van der Waals surface area contributed by atoms with Crippen LogP contribution in [0.5, 0.6) is 0 Å². The highest BCUT2D eigenvalue weighted by atomic mass is 16.5. The van der Waals surface area contributed by atoms with Crippen LogP contribution >= 0.6 is 0 Å². The molecule has 1 rings (SSSR count). The summed E-state index contributed by atoms with van der Waals surface area (Å²) in [6.07, 6.45) is 10.1. The second-order valence-corrected chi connectivity index (χ2v) is 4.47. The molecule has 2 nitrogen and oxygen atoms in total. The average Bonchev–Trinajstić information content (AvgIpc) is 2.41. The van der Waals surface area contributed by atoms with Crippen LogP contribution in [0.15, 0.2) is 42.5 Å². The van der Waals surface area contributed by atoms with Gasteiger partial charge in [-0.25, -0.2) is 4.79 Å². The van der Waals surface area contributed by atoms with Gasteiger partial charge >= 0.3 is 5.97 Å². The normalized spacial score (nSPS) is 11.3. The van der Waals surface area contributed by atoms with Crippen LogP contribution in [0.1, 0.15) is 37.3 Å². The fourth-order valence-corrected chi connectivity index (χ4v) is 1.49. The molecule has 0 bridgehead atoms. The zero-order valence-corrected chi connectivity index (χ0v) is 11.8. The molecular formula is C17H22O2. The number of hydrogen-bond donors (Lipinski definition) is 0. The van der Waals surface area contributed by atoms with Gasteiger partial charge in [0, 0.05) is 6.08 Å². The Morgan fingerprint density at radius 2 is 1.95 bits per heavy atom. The first kappa shape index (κ1) is 15.2. The van der Waals surface area contributed by atoms with Crippen LogP contribution in [-0.2, 0) is 9.53 Å². The summed E-state index contributed by atoms with van der Waals surface area (Å²) in [7, 11) is 0. The smallest absolute Gasteiger partial charge is 0.330 e. The van der Waals surface area contributed by atoms with Gasteiger partial charge in [0.05, 0.1) is 6.61 Å². The van der Waals surface area contributed by atoms with Gasteiger partial charge in [0.1, 0.15) is 0 Å². The lowest BCUT2D eigenvalue weighted by atomic mass is 10.1. The molecule has 102 valence electrons. The molecule has 0 heterocycles. The number of hydrogen-bond acceptors (Lipinski definition) is 2. The maximum atomic E-state index is 11.3. The van der Waals surface area contributed by atoms with Crippen LogP contribution in [0.2, 0.25) is 0 Å². The number of aryl methyl sites for hydroxylation is 1. The minimum Gasteiger partial charge on any atom is -0.463 e. The van der Waals surface area contributed by atoms with Crippen LogP contribution < -0.4 is 0 Å². The quantitative estimate of drug-likeness (QED) is 0.414. The summed E-state index contributed by atoms with van der Waals surface area (Å²) in [6, 6.07) is 8.32. The Kier molecular flexibility index (Phi) is 7.33. The second kappa shape index (κ2) is 9.15. The van der Waals surface area contributed by atoms with Gasteiger partial charge in [-0.15, -0.1) is 0 Å². The van der Waals surface area contributed by atoms with E-state index in [0.29, 0.717) is 6.61 Å². The molecule has 0 aliphatic carbocycles. The summed E-state index contributed by atoms with van der Waals surface area (Å²) in [5.41, 5.74) is 2.43. The largest absolute Gasteiger partial charge is 0.463 e. The lowest BCUT2D eigenvalue weighted by molar-refractivity contribution is -0.137. The summed E-state index contributed by atoms with van der Waals surface area (Å²) in [6.45, 7) is 4.65. The van der Waals surface area contributed by atoms with Gasteiger partial charge < -0.3 is 4.74 Å². The van der Waals surface area contributed by atoms with Crippen LogP contribution in [0.3, 0.4) is 0 Å². The monoisotopic (exact) mass is 258 g/mol. The molecular weight excluding hydrogens is 236 g/mol. The van der Waals surface area contributed by atoms with E-state index in [-0.39, 0.29) is 5.97 Å². The number of rotatable bonds is 7. The zero-order valence-electron chi connectivity index (χ0n) is 11.8. The second-order valence-electron chi connectivity index (χ2n) is 4.47. The Morgan fingerprint density at radius 3 is 2.63 bits per heavy atom. The van der Waals surface area contributed by atoms with Crippen molar-refractivity contribution in [2.24, 2.45) is 0 Å². The summed E-state index contributed by atoms with van der Waals surface area (Å²) < 4.78 is 5.01. The van der Waals surface area contributed by atoms with Crippen LogP contribution in [0.4, 0.5) is 0 Å². The van der Waals surface area contributed by atoms with E-state index in [9.17, 15) is 4.79 Å². The van der Waals surface area contributed by atoms with Crippen molar-refractivity contribution < 1.29 is 9.53 Å². The van der Waals surface area contributed by atoms with E-state index in [1.165, 1.54) is 17.2 Å². The van der Waals surface area contributed by atoms with Crippen molar-refractivity contribution in [2.45, 2.75) is 33.1 Å². The van der Waals surface area contributed by atoms with Crippen molar-refractivity contribution in [1.29, 1.82) is 0 Å². The highest BCUT2D eigenvalue weighted by Gasteiger charge is 1.94. The summed E-state index contributed by atoms with van der Waals surface area (Å²) in [5.74, 6) is -0.253. The van der Waals surface area contributed by atoms with Gasteiger partial charge in [-0.1, -0.05) is 61.4 Å². The third-order valence-corrected chi connectivity index (χ3v) is 2.66. The first-order valence-electron chi connectivity index (χ1n) is 6.79. The van der Waals surface area contributed by atoms with Gasteiger partial charge in [-0.05, 0) is 25.3 Å². The topological polar surface area (TPSA) is 26.3 Å². The third-order valence-electron chi connectivity index (χ3n) is 2.66. The number of benzene rings is 1. The average molecular weight is 258 g/mol. The molecule has 0 fully saturated rings. The first-order valence-corrected chi connectivity index (χ1v) is 6.79. The van der Waals surface area contributed by atoms with Crippen molar-refractivity contribution in [1.82, 2.24) is 0 Å². The van der Waals surface area contributed by atoms with E-state index in [0.717, 1.165) is 19.3 Å². The number of carbonyl (C=O) groups is 1. The molecule has 0 aliphatic heterocycles. The molecule has 0 amide bonds. The minimum absolute atomic E-state index is 0.253. The van der Waals surface area contributed by atoms with Crippen molar-refractivity contribution >= 4 is 12.0 Å². The molecule has 0 spiro atoms. The maximum absolute atomic E-state index is 11.3. The maximum Gasteiger partial charge on any atom is 0.330 e. The molecule has 0 N–H and O–H groups in total.